The second kappa shape index (κ2) is 1.08. The highest BCUT2D eigenvalue weighted by Gasteiger charge is 2.81. The molecule has 4 rings (SSSR count). The van der Waals surface area contributed by atoms with Crippen LogP contribution in [0.1, 0.15) is 27.2 Å². The van der Waals surface area contributed by atoms with Crippen molar-refractivity contribution in [3.05, 3.63) is 0 Å². The zero-order chi connectivity index (χ0) is 7.15. The Kier molecular flexibility index (Phi) is 0.602. The van der Waals surface area contributed by atoms with Crippen molar-refractivity contribution in [3.8, 4) is 0 Å². The number of ether oxygens (including phenoxy) is 1. The zero-order valence-corrected chi connectivity index (χ0v) is 6.85. The molecule has 0 amide bonds. The van der Waals surface area contributed by atoms with Crippen molar-refractivity contribution in [2.24, 2.45) is 16.7 Å². The maximum absolute atomic E-state index is 5.83. The molecule has 0 aromatic carbocycles. The molecule has 2 aliphatic heterocycles. The van der Waals surface area contributed by atoms with Crippen LogP contribution in [-0.4, -0.2) is 12.2 Å². The molecule has 1 nitrogen and oxygen atoms in total. The minimum Gasteiger partial charge on any atom is -0.373 e. The molecule has 0 radical (unpaired) electrons. The van der Waals surface area contributed by atoms with E-state index in [2.05, 4.69) is 20.8 Å². The SMILES string of the molecule is CC1(C)C2CC3(C)C(O2)C13. The number of hydrogen-bond donors (Lipinski definition) is 0. The summed E-state index contributed by atoms with van der Waals surface area (Å²) in [7, 11) is 0. The summed E-state index contributed by atoms with van der Waals surface area (Å²) in [5.41, 5.74) is 1.10. The van der Waals surface area contributed by atoms with Crippen LogP contribution in [0.2, 0.25) is 0 Å². The van der Waals surface area contributed by atoms with Crippen molar-refractivity contribution in [2.75, 3.05) is 0 Å². The van der Waals surface area contributed by atoms with Crippen LogP contribution in [-0.2, 0) is 4.74 Å². The largest absolute Gasteiger partial charge is 0.373 e. The second-order valence-electron chi connectivity index (χ2n) is 5.05. The molecule has 4 unspecified atom stereocenters. The highest BCUT2D eigenvalue weighted by Crippen LogP contribution is 2.78. The maximum atomic E-state index is 5.83. The molecule has 0 aromatic rings. The van der Waals surface area contributed by atoms with E-state index in [4.69, 9.17) is 4.74 Å². The maximum Gasteiger partial charge on any atom is 0.0677 e. The van der Waals surface area contributed by atoms with Gasteiger partial charge in [-0.15, -0.1) is 0 Å². The van der Waals surface area contributed by atoms with E-state index in [0.717, 1.165) is 5.92 Å². The third-order valence-electron chi connectivity index (χ3n) is 4.12. The van der Waals surface area contributed by atoms with Crippen LogP contribution in [0.3, 0.4) is 0 Å². The quantitative estimate of drug-likeness (QED) is 0.496. The van der Waals surface area contributed by atoms with Crippen LogP contribution in [0, 0.1) is 16.7 Å². The molecule has 56 valence electrons. The molecular weight excluding hydrogens is 124 g/mol. The first-order valence-corrected chi connectivity index (χ1v) is 4.22. The summed E-state index contributed by atoms with van der Waals surface area (Å²) in [4.78, 5) is 0. The van der Waals surface area contributed by atoms with Gasteiger partial charge in [0.2, 0.25) is 0 Å². The lowest BCUT2D eigenvalue weighted by atomic mass is 9.87. The number of hydrogen-bond acceptors (Lipinski definition) is 1. The monoisotopic (exact) mass is 138 g/mol. The lowest BCUT2D eigenvalue weighted by molar-refractivity contribution is 0.0675. The summed E-state index contributed by atoms with van der Waals surface area (Å²) in [6.07, 6.45) is 2.56. The highest BCUT2D eigenvalue weighted by atomic mass is 16.5. The van der Waals surface area contributed by atoms with Gasteiger partial charge in [0, 0.05) is 11.3 Å². The highest BCUT2D eigenvalue weighted by molar-refractivity contribution is 5.28. The van der Waals surface area contributed by atoms with E-state index in [1.54, 1.807) is 0 Å². The van der Waals surface area contributed by atoms with Crippen LogP contribution in [0.5, 0.6) is 0 Å². The van der Waals surface area contributed by atoms with Crippen LogP contribution in [0.15, 0.2) is 0 Å². The van der Waals surface area contributed by atoms with Crippen LogP contribution < -0.4 is 0 Å². The van der Waals surface area contributed by atoms with E-state index in [0.29, 0.717) is 23.0 Å². The molecule has 2 saturated carbocycles. The smallest absolute Gasteiger partial charge is 0.0677 e. The summed E-state index contributed by atoms with van der Waals surface area (Å²) in [5.74, 6) is 0.894. The Balaban J connectivity index is 2.13. The minimum atomic E-state index is 0.499. The van der Waals surface area contributed by atoms with E-state index in [9.17, 15) is 0 Å². The molecule has 2 aliphatic carbocycles. The first-order chi connectivity index (χ1) is 4.57. The molecule has 2 saturated heterocycles. The van der Waals surface area contributed by atoms with Gasteiger partial charge in [-0.05, 0) is 11.8 Å². The Labute approximate surface area is 61.8 Å². The molecule has 10 heavy (non-hydrogen) atoms. The average Bonchev–Trinajstić information content (AvgIpc) is 2.16. The molecule has 4 atom stereocenters. The van der Waals surface area contributed by atoms with E-state index in [1.165, 1.54) is 6.42 Å². The van der Waals surface area contributed by atoms with Crippen molar-refractivity contribution in [1.82, 2.24) is 0 Å². The second-order valence-corrected chi connectivity index (χ2v) is 5.05. The van der Waals surface area contributed by atoms with Crippen molar-refractivity contribution in [2.45, 2.75) is 39.4 Å². The molecule has 4 fully saturated rings. The first-order valence-electron chi connectivity index (χ1n) is 4.22. The summed E-state index contributed by atoms with van der Waals surface area (Å²) in [5, 5.41) is 0. The minimum absolute atomic E-state index is 0.499. The van der Waals surface area contributed by atoms with E-state index in [-0.39, 0.29) is 0 Å². The lowest BCUT2D eigenvalue weighted by Gasteiger charge is -2.20. The fourth-order valence-corrected chi connectivity index (χ4v) is 3.50. The van der Waals surface area contributed by atoms with Gasteiger partial charge in [-0.2, -0.15) is 0 Å². The molecule has 2 heterocycles. The van der Waals surface area contributed by atoms with Gasteiger partial charge in [0.15, 0.2) is 0 Å². The summed E-state index contributed by atoms with van der Waals surface area (Å²) in [6, 6.07) is 0. The normalized spacial score (nSPS) is 66.9. The third-order valence-corrected chi connectivity index (χ3v) is 4.12. The van der Waals surface area contributed by atoms with Crippen LogP contribution in [0.4, 0.5) is 0 Å². The van der Waals surface area contributed by atoms with E-state index < -0.39 is 0 Å². The Morgan fingerprint density at radius 2 is 2.00 bits per heavy atom. The Morgan fingerprint density at radius 3 is 2.10 bits per heavy atom. The summed E-state index contributed by atoms with van der Waals surface area (Å²) < 4.78 is 5.83. The van der Waals surface area contributed by atoms with Crippen molar-refractivity contribution in [3.63, 3.8) is 0 Å². The lowest BCUT2D eigenvalue weighted by Crippen LogP contribution is -2.21. The first kappa shape index (κ1) is 5.59. The van der Waals surface area contributed by atoms with E-state index >= 15 is 0 Å². The zero-order valence-electron chi connectivity index (χ0n) is 6.85. The van der Waals surface area contributed by atoms with Gasteiger partial charge in [-0.3, -0.25) is 0 Å². The Hall–Kier alpha value is -0.0400. The van der Waals surface area contributed by atoms with Gasteiger partial charge < -0.3 is 4.74 Å². The van der Waals surface area contributed by atoms with Gasteiger partial charge in [0.05, 0.1) is 12.2 Å². The third kappa shape index (κ3) is 0.315. The molecule has 0 spiro atoms. The number of rotatable bonds is 0. The Morgan fingerprint density at radius 1 is 1.30 bits per heavy atom. The fourth-order valence-electron chi connectivity index (χ4n) is 3.50. The van der Waals surface area contributed by atoms with Crippen molar-refractivity contribution >= 4 is 0 Å². The molecule has 1 heteroatoms. The Bertz CT molecular complexity index is 209. The van der Waals surface area contributed by atoms with Gasteiger partial charge in [-0.1, -0.05) is 20.8 Å². The topological polar surface area (TPSA) is 9.23 Å². The van der Waals surface area contributed by atoms with E-state index in [1.807, 2.05) is 0 Å². The van der Waals surface area contributed by atoms with Gasteiger partial charge >= 0.3 is 0 Å². The predicted molar refractivity (Wildman–Crippen MR) is 38.7 cm³/mol. The molecule has 0 N–H and O–H groups in total. The molecule has 4 aliphatic rings. The van der Waals surface area contributed by atoms with Gasteiger partial charge in [-0.25, -0.2) is 0 Å². The summed E-state index contributed by atoms with van der Waals surface area (Å²) in [6.45, 7) is 7.11. The van der Waals surface area contributed by atoms with Crippen LogP contribution >= 0.6 is 0 Å². The van der Waals surface area contributed by atoms with Crippen LogP contribution in [0.25, 0.3) is 0 Å². The average molecular weight is 138 g/mol. The molecule has 0 aromatic heterocycles. The molecule has 4 bridgehead atoms. The predicted octanol–water partition coefficient (Wildman–Crippen LogP) is 1.82. The standard InChI is InChI=1S/C9H14O/c1-8(2)5-4-9(3)6(8)7(9)10-5/h5-7H,4H2,1-3H3. The van der Waals surface area contributed by atoms with Crippen molar-refractivity contribution in [1.29, 1.82) is 0 Å². The van der Waals surface area contributed by atoms with Crippen molar-refractivity contribution < 1.29 is 4.74 Å². The fraction of sp³-hybridized carbons (Fsp3) is 1.00. The molecular formula is C9H14O. The van der Waals surface area contributed by atoms with Gasteiger partial charge in [0.25, 0.3) is 0 Å². The summed E-state index contributed by atoms with van der Waals surface area (Å²) >= 11 is 0. The van der Waals surface area contributed by atoms with Gasteiger partial charge in [0.1, 0.15) is 0 Å².